The van der Waals surface area contributed by atoms with Crippen LogP contribution >= 0.6 is 7.60 Å². The molecule has 0 saturated heterocycles. The van der Waals surface area contributed by atoms with E-state index in [9.17, 15) is 9.67 Å². The summed E-state index contributed by atoms with van der Waals surface area (Å²) in [6.45, 7) is 16.9. The minimum absolute atomic E-state index is 0.259. The van der Waals surface area contributed by atoms with Gasteiger partial charge < -0.3 is 14.2 Å². The number of phenolic OH excluding ortho intramolecular Hbond substituents is 1. The number of aromatic hydroxyl groups is 1. The topological polar surface area (TPSA) is 80.7 Å². The average molecular weight is 463 g/mol. The lowest BCUT2D eigenvalue weighted by atomic mass is 9.78. The van der Waals surface area contributed by atoms with Crippen molar-refractivity contribution in [3.05, 3.63) is 58.9 Å². The molecule has 178 valence electrons. The molecule has 1 unspecified atom stereocenters. The zero-order valence-corrected chi connectivity index (χ0v) is 21.6. The Bertz CT molecular complexity index is 888. The van der Waals surface area contributed by atoms with Crippen LogP contribution in [0.2, 0.25) is 0 Å². The molecule has 1 heterocycles. The molecule has 7 heteroatoms. The quantitative estimate of drug-likeness (QED) is 0.418. The van der Waals surface area contributed by atoms with Crippen LogP contribution in [0.15, 0.2) is 36.5 Å². The van der Waals surface area contributed by atoms with E-state index in [1.54, 1.807) is 20.0 Å². The molecule has 0 saturated carbocycles. The van der Waals surface area contributed by atoms with Gasteiger partial charge in [-0.3, -0.25) is 14.9 Å². The van der Waals surface area contributed by atoms with Crippen LogP contribution in [0.3, 0.4) is 0 Å². The van der Waals surface area contributed by atoms with E-state index in [0.717, 1.165) is 22.4 Å². The molecule has 0 fully saturated rings. The fourth-order valence-corrected chi connectivity index (χ4v) is 5.54. The van der Waals surface area contributed by atoms with Gasteiger partial charge in [0, 0.05) is 12.7 Å². The minimum atomic E-state index is -3.57. The van der Waals surface area contributed by atoms with Gasteiger partial charge in [-0.1, -0.05) is 47.6 Å². The standard InChI is InChI=1S/C25H39N2O4P/c1-9-30-32(29,31-10-2)23(27-17-19-13-11-12-14-26-19)18-15-20(24(3,4)5)22(28)21(16-18)25(6,7)8/h11-16,23,27-28H,9-10,17H2,1-8H3. The van der Waals surface area contributed by atoms with Gasteiger partial charge in [-0.05, 0) is 65.6 Å². The molecule has 0 spiro atoms. The van der Waals surface area contributed by atoms with Crippen LogP contribution in [-0.2, 0) is 31.0 Å². The maximum Gasteiger partial charge on any atom is 0.351 e. The highest BCUT2D eigenvalue weighted by molar-refractivity contribution is 7.54. The van der Waals surface area contributed by atoms with Crippen LogP contribution in [0.25, 0.3) is 0 Å². The number of pyridine rings is 1. The Kier molecular flexibility index (Phi) is 8.69. The molecule has 0 aliphatic heterocycles. The van der Waals surface area contributed by atoms with Gasteiger partial charge in [0.05, 0.1) is 18.9 Å². The number of aromatic nitrogens is 1. The van der Waals surface area contributed by atoms with Gasteiger partial charge in [0.1, 0.15) is 11.5 Å². The lowest BCUT2D eigenvalue weighted by Gasteiger charge is -2.32. The van der Waals surface area contributed by atoms with Crippen molar-refractivity contribution in [2.75, 3.05) is 13.2 Å². The average Bonchev–Trinajstić information content (AvgIpc) is 2.68. The number of rotatable bonds is 9. The van der Waals surface area contributed by atoms with E-state index in [-0.39, 0.29) is 29.8 Å². The van der Waals surface area contributed by atoms with Gasteiger partial charge >= 0.3 is 7.60 Å². The van der Waals surface area contributed by atoms with Crippen LogP contribution in [-0.4, -0.2) is 23.3 Å². The molecule has 2 aromatic rings. The first-order valence-electron chi connectivity index (χ1n) is 11.2. The van der Waals surface area contributed by atoms with Gasteiger partial charge in [0.15, 0.2) is 0 Å². The summed E-state index contributed by atoms with van der Waals surface area (Å²) in [4.78, 5) is 4.37. The maximum absolute atomic E-state index is 14.0. The highest BCUT2D eigenvalue weighted by Crippen LogP contribution is 2.60. The molecule has 2 N–H and O–H groups in total. The van der Waals surface area contributed by atoms with E-state index < -0.39 is 13.4 Å². The molecule has 0 amide bonds. The lowest BCUT2D eigenvalue weighted by Crippen LogP contribution is -2.26. The SMILES string of the molecule is CCOP(=O)(OCC)C(NCc1ccccn1)c1cc(C(C)(C)C)c(O)c(C(C)(C)C)c1. The Hall–Kier alpha value is -1.72. The summed E-state index contributed by atoms with van der Waals surface area (Å²) in [6, 6.07) is 9.53. The van der Waals surface area contributed by atoms with Crippen molar-refractivity contribution in [1.82, 2.24) is 10.3 Å². The number of nitrogens with one attached hydrogen (secondary N) is 1. The molecule has 32 heavy (non-hydrogen) atoms. The summed E-state index contributed by atoms with van der Waals surface area (Å²) >= 11 is 0. The number of hydrogen-bond acceptors (Lipinski definition) is 6. The highest BCUT2D eigenvalue weighted by atomic mass is 31.2. The molecule has 1 aromatic carbocycles. The number of nitrogens with zero attached hydrogens (tertiary/aromatic N) is 1. The van der Waals surface area contributed by atoms with Crippen molar-refractivity contribution in [1.29, 1.82) is 0 Å². The highest BCUT2D eigenvalue weighted by Gasteiger charge is 2.39. The molecule has 0 aliphatic carbocycles. The lowest BCUT2D eigenvalue weighted by molar-refractivity contribution is 0.207. The van der Waals surface area contributed by atoms with Crippen molar-refractivity contribution >= 4 is 7.60 Å². The van der Waals surface area contributed by atoms with Gasteiger partial charge in [-0.15, -0.1) is 0 Å². The van der Waals surface area contributed by atoms with Crippen molar-refractivity contribution in [3.8, 4) is 5.75 Å². The van der Waals surface area contributed by atoms with E-state index in [2.05, 4.69) is 51.8 Å². The first kappa shape index (κ1) is 26.5. The van der Waals surface area contributed by atoms with Crippen LogP contribution < -0.4 is 5.32 Å². The molecule has 0 bridgehead atoms. The van der Waals surface area contributed by atoms with Gasteiger partial charge in [-0.2, -0.15) is 0 Å². The normalized spacial score (nSPS) is 13.9. The largest absolute Gasteiger partial charge is 0.507 e. The van der Waals surface area contributed by atoms with E-state index in [1.165, 1.54) is 0 Å². The third kappa shape index (κ3) is 6.41. The summed E-state index contributed by atoms with van der Waals surface area (Å²) < 4.78 is 25.4. The summed E-state index contributed by atoms with van der Waals surface area (Å²) in [5.74, 6) is -0.438. The van der Waals surface area contributed by atoms with Crippen LogP contribution in [0.5, 0.6) is 5.75 Å². The molecule has 6 nitrogen and oxygen atoms in total. The Morgan fingerprint density at radius 1 is 1.00 bits per heavy atom. The third-order valence-electron chi connectivity index (χ3n) is 5.20. The predicted octanol–water partition coefficient (Wildman–Crippen LogP) is 6.44. The number of phenols is 1. The van der Waals surface area contributed by atoms with Crippen LogP contribution in [0.1, 0.15) is 83.6 Å². The van der Waals surface area contributed by atoms with Gasteiger partial charge in [-0.25, -0.2) is 0 Å². The zero-order valence-electron chi connectivity index (χ0n) is 20.7. The van der Waals surface area contributed by atoms with Crippen molar-refractivity contribution in [2.45, 2.75) is 78.5 Å². The molecule has 1 aromatic heterocycles. The molecule has 0 aliphatic rings. The zero-order chi connectivity index (χ0) is 24.2. The second-order valence-corrected chi connectivity index (χ2v) is 12.1. The van der Waals surface area contributed by atoms with Crippen LogP contribution in [0, 0.1) is 0 Å². The summed E-state index contributed by atoms with van der Waals surface area (Å²) in [5, 5.41) is 14.5. The molecular formula is C25H39N2O4P. The second-order valence-electron chi connectivity index (χ2n) is 9.94. The summed E-state index contributed by atoms with van der Waals surface area (Å²) in [6.07, 6.45) is 1.73. The molecule has 0 radical (unpaired) electrons. The monoisotopic (exact) mass is 462 g/mol. The van der Waals surface area contributed by atoms with Crippen molar-refractivity contribution < 1.29 is 18.7 Å². The van der Waals surface area contributed by atoms with Crippen molar-refractivity contribution in [2.24, 2.45) is 0 Å². The number of hydrogen-bond donors (Lipinski definition) is 2. The fourth-order valence-electron chi connectivity index (χ4n) is 3.62. The maximum atomic E-state index is 14.0. The van der Waals surface area contributed by atoms with Crippen molar-refractivity contribution in [3.63, 3.8) is 0 Å². The van der Waals surface area contributed by atoms with Gasteiger partial charge in [0.25, 0.3) is 0 Å². The Balaban J connectivity index is 2.69. The summed E-state index contributed by atoms with van der Waals surface area (Å²) in [5.41, 5.74) is 2.55. The second kappa shape index (κ2) is 10.5. The Labute approximate surface area is 193 Å². The number of benzene rings is 1. The molecule has 1 atom stereocenters. The first-order chi connectivity index (χ1) is 14.8. The Morgan fingerprint density at radius 3 is 1.94 bits per heavy atom. The minimum Gasteiger partial charge on any atom is -0.507 e. The summed E-state index contributed by atoms with van der Waals surface area (Å²) in [7, 11) is -3.57. The van der Waals surface area contributed by atoms with E-state index in [0.29, 0.717) is 6.54 Å². The Morgan fingerprint density at radius 2 is 1.53 bits per heavy atom. The van der Waals surface area contributed by atoms with Gasteiger partial charge in [0.2, 0.25) is 0 Å². The first-order valence-corrected chi connectivity index (χ1v) is 12.8. The van der Waals surface area contributed by atoms with E-state index >= 15 is 0 Å². The van der Waals surface area contributed by atoms with Crippen LogP contribution in [0.4, 0.5) is 0 Å². The molecular weight excluding hydrogens is 423 g/mol. The predicted molar refractivity (Wildman–Crippen MR) is 130 cm³/mol. The fraction of sp³-hybridized carbons (Fsp3) is 0.560. The smallest absolute Gasteiger partial charge is 0.351 e. The van der Waals surface area contributed by atoms with E-state index in [1.807, 2.05) is 30.3 Å². The van der Waals surface area contributed by atoms with E-state index in [4.69, 9.17) is 9.05 Å². The third-order valence-corrected chi connectivity index (χ3v) is 7.55. The molecule has 2 rings (SSSR count).